The minimum Gasteiger partial charge on any atom is -0.508 e. The van der Waals surface area contributed by atoms with Crippen molar-refractivity contribution in [1.29, 1.82) is 0 Å². The van der Waals surface area contributed by atoms with Gasteiger partial charge in [-0.15, -0.1) is 12.3 Å². The molecular formula is C30H33FN6O2. The van der Waals surface area contributed by atoms with Crippen LogP contribution < -0.4 is 15.0 Å². The number of aromatic hydroxyl groups is 1. The summed E-state index contributed by atoms with van der Waals surface area (Å²) >= 11 is 0. The third-order valence-electron chi connectivity index (χ3n) is 9.08. The average molecular weight is 529 g/mol. The summed E-state index contributed by atoms with van der Waals surface area (Å²) in [5, 5.41) is 14.4. The van der Waals surface area contributed by atoms with Crippen molar-refractivity contribution < 1.29 is 14.2 Å². The summed E-state index contributed by atoms with van der Waals surface area (Å²) in [5.41, 5.74) is 1.48. The molecule has 0 amide bonds. The van der Waals surface area contributed by atoms with Crippen LogP contribution >= 0.6 is 0 Å². The van der Waals surface area contributed by atoms with Crippen molar-refractivity contribution in [2.45, 2.75) is 62.6 Å². The van der Waals surface area contributed by atoms with Crippen LogP contribution in [0.2, 0.25) is 0 Å². The second kappa shape index (κ2) is 9.61. The number of phenolic OH excluding ortho intramolecular Hbond substituents is 1. The minimum atomic E-state index is -0.565. The first-order valence-electron chi connectivity index (χ1n) is 14.0. The summed E-state index contributed by atoms with van der Waals surface area (Å²) in [6, 6.07) is 5.74. The quantitative estimate of drug-likeness (QED) is 0.469. The average Bonchev–Trinajstić information content (AvgIpc) is 3.62. The first-order chi connectivity index (χ1) is 19.0. The Kier molecular flexibility index (Phi) is 6.05. The first kappa shape index (κ1) is 24.6. The van der Waals surface area contributed by atoms with E-state index < -0.39 is 5.82 Å². The fraction of sp³-hybridized carbons (Fsp3) is 0.500. The third kappa shape index (κ3) is 4.26. The van der Waals surface area contributed by atoms with Crippen LogP contribution in [0.15, 0.2) is 24.4 Å². The molecule has 0 saturated carbocycles. The van der Waals surface area contributed by atoms with Crippen molar-refractivity contribution in [3.8, 4) is 35.4 Å². The number of hydrogen-bond acceptors (Lipinski definition) is 8. The molecule has 4 saturated heterocycles. The molecule has 0 radical (unpaired) electrons. The maximum Gasteiger partial charge on any atom is 0.319 e. The van der Waals surface area contributed by atoms with Gasteiger partial charge in [0.05, 0.1) is 10.9 Å². The fourth-order valence-corrected chi connectivity index (χ4v) is 7.19. The topological polar surface area (TPSA) is 86.6 Å². The largest absolute Gasteiger partial charge is 0.508 e. The highest BCUT2D eigenvalue weighted by Gasteiger charge is 2.45. The molecule has 3 aromatic rings. The summed E-state index contributed by atoms with van der Waals surface area (Å²) in [6.45, 7) is 4.29. The van der Waals surface area contributed by atoms with E-state index in [1.165, 1.54) is 18.9 Å². The molecule has 4 aliphatic heterocycles. The number of pyridine rings is 1. The van der Waals surface area contributed by atoms with Crippen LogP contribution in [0.5, 0.6) is 11.8 Å². The van der Waals surface area contributed by atoms with Crippen molar-refractivity contribution >= 4 is 16.7 Å². The molecule has 2 unspecified atom stereocenters. The summed E-state index contributed by atoms with van der Waals surface area (Å²) in [5.74, 6) is 2.73. The number of hydrogen-bond donors (Lipinski definition) is 2. The zero-order chi connectivity index (χ0) is 26.6. The van der Waals surface area contributed by atoms with Crippen molar-refractivity contribution in [2.75, 3.05) is 37.7 Å². The van der Waals surface area contributed by atoms with Crippen molar-refractivity contribution in [1.82, 2.24) is 25.2 Å². The van der Waals surface area contributed by atoms with Gasteiger partial charge in [0, 0.05) is 43.4 Å². The number of nitrogens with zero attached hydrogens (tertiary/aromatic N) is 5. The van der Waals surface area contributed by atoms with E-state index in [2.05, 4.69) is 31.0 Å². The Morgan fingerprint density at radius 3 is 2.67 bits per heavy atom. The van der Waals surface area contributed by atoms with Gasteiger partial charge >= 0.3 is 6.01 Å². The molecule has 4 aliphatic rings. The van der Waals surface area contributed by atoms with Crippen molar-refractivity contribution in [2.24, 2.45) is 0 Å². The van der Waals surface area contributed by atoms with Gasteiger partial charge in [-0.05, 0) is 69.3 Å². The Hall–Kier alpha value is -3.48. The monoisotopic (exact) mass is 528 g/mol. The summed E-state index contributed by atoms with van der Waals surface area (Å²) in [6.07, 6.45) is 14.3. The number of ether oxygens (including phenoxy) is 1. The lowest BCUT2D eigenvalue weighted by Gasteiger charge is -2.34. The molecule has 202 valence electrons. The molecule has 2 bridgehead atoms. The van der Waals surface area contributed by atoms with E-state index in [4.69, 9.17) is 16.1 Å². The number of fused-ring (bicyclic) bond motifs is 4. The molecule has 1 aromatic carbocycles. The molecule has 8 nitrogen and oxygen atoms in total. The van der Waals surface area contributed by atoms with Crippen LogP contribution in [0.1, 0.15) is 44.1 Å². The second-order valence-corrected chi connectivity index (χ2v) is 11.5. The Balaban J connectivity index is 1.32. The molecule has 2 atom stereocenters. The van der Waals surface area contributed by atoms with Crippen molar-refractivity contribution in [3.05, 3.63) is 35.8 Å². The number of terminal acetylenes is 1. The van der Waals surface area contributed by atoms with Crippen LogP contribution in [0, 0.1) is 18.2 Å². The van der Waals surface area contributed by atoms with E-state index in [1.54, 1.807) is 18.3 Å². The maximum atomic E-state index is 16.4. The molecule has 2 aromatic heterocycles. The second-order valence-electron chi connectivity index (χ2n) is 11.5. The molecule has 0 spiro atoms. The van der Waals surface area contributed by atoms with Gasteiger partial charge in [0.2, 0.25) is 0 Å². The summed E-state index contributed by atoms with van der Waals surface area (Å²) in [7, 11) is 0. The van der Waals surface area contributed by atoms with Crippen LogP contribution in [-0.2, 0) is 6.42 Å². The molecule has 9 heteroatoms. The minimum absolute atomic E-state index is 0.0210. The predicted octanol–water partition coefficient (Wildman–Crippen LogP) is 3.66. The maximum absolute atomic E-state index is 16.4. The predicted molar refractivity (Wildman–Crippen MR) is 147 cm³/mol. The lowest BCUT2D eigenvalue weighted by molar-refractivity contribution is 0.108. The third-order valence-corrected chi connectivity index (χ3v) is 9.08. The Morgan fingerprint density at radius 1 is 1.15 bits per heavy atom. The van der Waals surface area contributed by atoms with Crippen LogP contribution in [-0.4, -0.2) is 75.4 Å². The fourth-order valence-electron chi connectivity index (χ4n) is 7.19. The number of halogens is 1. The molecular weight excluding hydrogens is 495 g/mol. The van der Waals surface area contributed by atoms with Crippen LogP contribution in [0.25, 0.3) is 22.2 Å². The molecule has 2 N–H and O–H groups in total. The van der Waals surface area contributed by atoms with Crippen LogP contribution in [0.3, 0.4) is 0 Å². The number of nitrogens with one attached hydrogen (secondary N) is 1. The van der Waals surface area contributed by atoms with E-state index in [1.807, 2.05) is 0 Å². The number of rotatable bonds is 6. The number of phenols is 1. The van der Waals surface area contributed by atoms with Gasteiger partial charge in [-0.25, -0.2) is 4.39 Å². The van der Waals surface area contributed by atoms with E-state index >= 15 is 4.39 Å². The van der Waals surface area contributed by atoms with Gasteiger partial charge < -0.3 is 20.1 Å². The summed E-state index contributed by atoms with van der Waals surface area (Å²) < 4.78 is 22.7. The lowest BCUT2D eigenvalue weighted by Crippen LogP contribution is -2.51. The highest BCUT2D eigenvalue weighted by atomic mass is 19.1. The van der Waals surface area contributed by atoms with E-state index in [0.717, 1.165) is 51.9 Å². The SMILES string of the molecule is C#CCc1ccc(O)cc1-c1ncc2c(N3CC4CCC(C3)N4)nc(OCC34CCCN3CCC4)nc2c1F. The lowest BCUT2D eigenvalue weighted by atomic mass is 9.95. The first-order valence-corrected chi connectivity index (χ1v) is 14.0. The highest BCUT2D eigenvalue weighted by Crippen LogP contribution is 2.40. The van der Waals surface area contributed by atoms with E-state index in [-0.39, 0.29) is 28.5 Å². The summed E-state index contributed by atoms with van der Waals surface area (Å²) in [4.78, 5) is 18.8. The normalized spacial score (nSPS) is 23.7. The standard InChI is InChI=1S/C30H33FN6O2/c1-2-5-19-6-9-22(38)14-23(19)26-25(31)27-24(15-32-26)28(36-16-20-7-8-21(17-36)33-20)35-29(34-27)39-18-30-10-3-12-37(30)13-4-11-30/h1,6,9,14-15,20-21,33,38H,3-5,7-8,10-13,16-18H2. The Morgan fingerprint density at radius 2 is 1.92 bits per heavy atom. The van der Waals surface area contributed by atoms with Gasteiger partial charge in [-0.2, -0.15) is 9.97 Å². The number of anilines is 1. The molecule has 39 heavy (non-hydrogen) atoms. The smallest absolute Gasteiger partial charge is 0.319 e. The molecule has 4 fully saturated rings. The number of aromatic nitrogens is 3. The Labute approximate surface area is 227 Å². The van der Waals surface area contributed by atoms with E-state index in [0.29, 0.717) is 47.4 Å². The number of piperazine rings is 1. The zero-order valence-corrected chi connectivity index (χ0v) is 22.0. The molecule has 0 aliphatic carbocycles. The van der Waals surface area contributed by atoms with Crippen molar-refractivity contribution in [3.63, 3.8) is 0 Å². The van der Waals surface area contributed by atoms with Gasteiger partial charge in [0.1, 0.15) is 29.4 Å². The van der Waals surface area contributed by atoms with Gasteiger partial charge in [0.25, 0.3) is 0 Å². The Bertz CT molecular complexity index is 1450. The van der Waals surface area contributed by atoms with Crippen LogP contribution in [0.4, 0.5) is 10.2 Å². The molecule has 7 rings (SSSR count). The van der Waals surface area contributed by atoms with E-state index in [9.17, 15) is 5.11 Å². The van der Waals surface area contributed by atoms with Gasteiger partial charge in [-0.3, -0.25) is 9.88 Å². The van der Waals surface area contributed by atoms with Gasteiger partial charge in [-0.1, -0.05) is 6.07 Å². The zero-order valence-electron chi connectivity index (χ0n) is 22.0. The van der Waals surface area contributed by atoms with Gasteiger partial charge in [0.15, 0.2) is 5.82 Å². The molecule has 6 heterocycles. The number of benzene rings is 1. The highest BCUT2D eigenvalue weighted by molar-refractivity contribution is 5.92.